The standard InChI is InChI=1S/C10H12O4/c1-5-6-13-10(12)8(4)14-9(11)7(2)3/h5H,1-2,4,6H2,3H3. The van der Waals surface area contributed by atoms with Gasteiger partial charge >= 0.3 is 11.9 Å². The molecule has 0 aromatic heterocycles. The van der Waals surface area contributed by atoms with Gasteiger partial charge in [0.2, 0.25) is 5.76 Å². The maximum absolute atomic E-state index is 11.0. The van der Waals surface area contributed by atoms with E-state index in [4.69, 9.17) is 0 Å². The average Bonchev–Trinajstić information content (AvgIpc) is 2.13. The van der Waals surface area contributed by atoms with Gasteiger partial charge in [0.15, 0.2) is 0 Å². The molecule has 0 heterocycles. The van der Waals surface area contributed by atoms with Gasteiger partial charge in [0.25, 0.3) is 0 Å². The summed E-state index contributed by atoms with van der Waals surface area (Å²) >= 11 is 0. The van der Waals surface area contributed by atoms with E-state index < -0.39 is 11.9 Å². The van der Waals surface area contributed by atoms with Crippen molar-refractivity contribution in [1.29, 1.82) is 0 Å². The topological polar surface area (TPSA) is 52.6 Å². The van der Waals surface area contributed by atoms with Gasteiger partial charge in [-0.2, -0.15) is 0 Å². The number of hydrogen-bond donors (Lipinski definition) is 0. The molecule has 0 N–H and O–H groups in total. The molecule has 0 fully saturated rings. The van der Waals surface area contributed by atoms with Gasteiger partial charge in [-0.15, -0.1) is 0 Å². The zero-order chi connectivity index (χ0) is 11.1. The zero-order valence-electron chi connectivity index (χ0n) is 8.04. The smallest absolute Gasteiger partial charge is 0.374 e. The molecule has 0 aromatic carbocycles. The largest absolute Gasteiger partial charge is 0.456 e. The third kappa shape index (κ3) is 4.25. The van der Waals surface area contributed by atoms with Crippen LogP contribution in [-0.2, 0) is 19.1 Å². The third-order valence-corrected chi connectivity index (χ3v) is 1.12. The Morgan fingerprint density at radius 3 is 2.29 bits per heavy atom. The number of hydrogen-bond acceptors (Lipinski definition) is 4. The van der Waals surface area contributed by atoms with E-state index in [-0.39, 0.29) is 17.9 Å². The Hall–Kier alpha value is -1.84. The van der Waals surface area contributed by atoms with Crippen LogP contribution in [0.25, 0.3) is 0 Å². The molecule has 0 aliphatic carbocycles. The number of rotatable bonds is 5. The Labute approximate surface area is 82.5 Å². The summed E-state index contributed by atoms with van der Waals surface area (Å²) in [5, 5.41) is 0. The van der Waals surface area contributed by atoms with Crippen molar-refractivity contribution in [3.05, 3.63) is 37.1 Å². The molecular weight excluding hydrogens is 184 g/mol. The second-order valence-corrected chi connectivity index (χ2v) is 2.48. The lowest BCUT2D eigenvalue weighted by Crippen LogP contribution is -2.14. The first-order chi connectivity index (χ1) is 6.49. The van der Waals surface area contributed by atoms with Crippen LogP contribution in [0.4, 0.5) is 0 Å². The van der Waals surface area contributed by atoms with Crippen LogP contribution in [0, 0.1) is 0 Å². The van der Waals surface area contributed by atoms with Crippen LogP contribution < -0.4 is 0 Å². The Balaban J connectivity index is 4.08. The molecule has 0 amide bonds. The second-order valence-electron chi connectivity index (χ2n) is 2.48. The highest BCUT2D eigenvalue weighted by Crippen LogP contribution is 2.02. The van der Waals surface area contributed by atoms with Crippen LogP contribution in [0.5, 0.6) is 0 Å². The average molecular weight is 196 g/mol. The second kappa shape index (κ2) is 5.75. The van der Waals surface area contributed by atoms with Crippen molar-refractivity contribution < 1.29 is 19.1 Å². The van der Waals surface area contributed by atoms with Gasteiger partial charge in [0.05, 0.1) is 0 Å². The van der Waals surface area contributed by atoms with Crippen molar-refractivity contribution in [1.82, 2.24) is 0 Å². The Kier molecular flexibility index (Phi) is 4.99. The predicted octanol–water partition coefficient (Wildman–Crippen LogP) is 1.35. The summed E-state index contributed by atoms with van der Waals surface area (Å²) in [5.41, 5.74) is 0.183. The van der Waals surface area contributed by atoms with E-state index in [9.17, 15) is 9.59 Å². The van der Waals surface area contributed by atoms with E-state index in [1.807, 2.05) is 0 Å². The first-order valence-corrected chi connectivity index (χ1v) is 3.83. The lowest BCUT2D eigenvalue weighted by molar-refractivity contribution is -0.148. The van der Waals surface area contributed by atoms with Crippen LogP contribution in [0.2, 0.25) is 0 Å². The molecule has 0 spiro atoms. The number of esters is 2. The maximum atomic E-state index is 11.0. The summed E-state index contributed by atoms with van der Waals surface area (Å²) in [6, 6.07) is 0. The van der Waals surface area contributed by atoms with Gasteiger partial charge in [0, 0.05) is 5.57 Å². The predicted molar refractivity (Wildman–Crippen MR) is 51.2 cm³/mol. The van der Waals surface area contributed by atoms with E-state index in [1.165, 1.54) is 13.0 Å². The fourth-order valence-electron chi connectivity index (χ4n) is 0.456. The number of ether oxygens (including phenoxy) is 2. The van der Waals surface area contributed by atoms with Crippen molar-refractivity contribution >= 4 is 11.9 Å². The van der Waals surface area contributed by atoms with Crippen LogP contribution in [0.3, 0.4) is 0 Å². The highest BCUT2D eigenvalue weighted by atomic mass is 16.6. The molecule has 4 nitrogen and oxygen atoms in total. The molecular formula is C10H12O4. The molecule has 0 radical (unpaired) electrons. The van der Waals surface area contributed by atoms with E-state index in [1.54, 1.807) is 0 Å². The number of carbonyl (C=O) groups excluding carboxylic acids is 2. The summed E-state index contributed by atoms with van der Waals surface area (Å²) in [4.78, 5) is 21.9. The molecule has 0 saturated heterocycles. The van der Waals surface area contributed by atoms with Crippen molar-refractivity contribution in [3.63, 3.8) is 0 Å². The van der Waals surface area contributed by atoms with Crippen LogP contribution in [-0.4, -0.2) is 18.5 Å². The molecule has 0 saturated carbocycles. The summed E-state index contributed by atoms with van der Waals surface area (Å²) in [5.74, 6) is -1.86. The fourth-order valence-corrected chi connectivity index (χ4v) is 0.456. The quantitative estimate of drug-likeness (QED) is 0.288. The minimum atomic E-state index is -0.792. The van der Waals surface area contributed by atoms with E-state index in [2.05, 4.69) is 29.2 Å². The molecule has 14 heavy (non-hydrogen) atoms. The fraction of sp³-hybridized carbons (Fsp3) is 0.200. The maximum Gasteiger partial charge on any atom is 0.374 e. The Bertz CT molecular complexity index is 288. The Morgan fingerprint density at radius 1 is 1.29 bits per heavy atom. The zero-order valence-corrected chi connectivity index (χ0v) is 8.04. The van der Waals surface area contributed by atoms with Gasteiger partial charge in [0.1, 0.15) is 6.61 Å². The summed E-state index contributed by atoms with van der Waals surface area (Å²) < 4.78 is 9.10. The van der Waals surface area contributed by atoms with Crippen molar-refractivity contribution in [2.24, 2.45) is 0 Å². The lowest BCUT2D eigenvalue weighted by atomic mass is 10.4. The summed E-state index contributed by atoms with van der Waals surface area (Å²) in [6.07, 6.45) is 1.39. The van der Waals surface area contributed by atoms with Gasteiger partial charge in [-0.1, -0.05) is 19.2 Å². The molecule has 0 atom stereocenters. The van der Waals surface area contributed by atoms with Gasteiger partial charge in [-0.05, 0) is 13.5 Å². The van der Waals surface area contributed by atoms with E-state index in [0.29, 0.717) is 0 Å². The van der Waals surface area contributed by atoms with E-state index in [0.717, 1.165) is 0 Å². The molecule has 0 aromatic rings. The molecule has 0 aliphatic rings. The minimum Gasteiger partial charge on any atom is -0.456 e. The molecule has 0 unspecified atom stereocenters. The Morgan fingerprint density at radius 2 is 1.86 bits per heavy atom. The SMILES string of the molecule is C=CCOC(=O)C(=C)OC(=O)C(=C)C. The first-order valence-electron chi connectivity index (χ1n) is 3.83. The monoisotopic (exact) mass is 196 g/mol. The van der Waals surface area contributed by atoms with Crippen molar-refractivity contribution in [2.45, 2.75) is 6.92 Å². The number of carbonyl (C=O) groups is 2. The summed E-state index contributed by atoms with van der Waals surface area (Å²) in [6.45, 7) is 11.4. The molecule has 0 bridgehead atoms. The minimum absolute atomic E-state index is 0.0441. The highest BCUT2D eigenvalue weighted by Gasteiger charge is 2.14. The molecule has 76 valence electrons. The highest BCUT2D eigenvalue weighted by molar-refractivity contribution is 5.93. The van der Waals surface area contributed by atoms with Gasteiger partial charge in [-0.25, -0.2) is 9.59 Å². The van der Waals surface area contributed by atoms with Crippen LogP contribution >= 0.6 is 0 Å². The van der Waals surface area contributed by atoms with Crippen molar-refractivity contribution in [3.8, 4) is 0 Å². The van der Waals surface area contributed by atoms with Crippen LogP contribution in [0.1, 0.15) is 6.92 Å². The molecule has 0 aliphatic heterocycles. The van der Waals surface area contributed by atoms with Crippen molar-refractivity contribution in [2.75, 3.05) is 6.61 Å². The van der Waals surface area contributed by atoms with Gasteiger partial charge in [-0.3, -0.25) is 0 Å². The lowest BCUT2D eigenvalue weighted by Gasteiger charge is -2.05. The van der Waals surface area contributed by atoms with E-state index >= 15 is 0 Å². The first kappa shape index (κ1) is 12.2. The molecule has 4 heteroatoms. The molecule has 0 rings (SSSR count). The van der Waals surface area contributed by atoms with Crippen LogP contribution in [0.15, 0.2) is 37.1 Å². The third-order valence-electron chi connectivity index (χ3n) is 1.12. The summed E-state index contributed by atoms with van der Waals surface area (Å²) in [7, 11) is 0. The normalized spacial score (nSPS) is 8.64. The van der Waals surface area contributed by atoms with Gasteiger partial charge < -0.3 is 9.47 Å².